The maximum absolute atomic E-state index is 9.34. The molecule has 1 aromatic rings. The SMILES string of the molecule is CC(Cc1ccc(O)cc1)N(C)CC1CC2CCC1C2. The molecule has 0 amide bonds. The van der Waals surface area contributed by atoms with Crippen LogP contribution in [0.15, 0.2) is 24.3 Å². The molecule has 2 bridgehead atoms. The van der Waals surface area contributed by atoms with Gasteiger partial charge in [-0.05, 0) is 75.1 Å². The molecule has 0 aromatic heterocycles. The zero-order valence-electron chi connectivity index (χ0n) is 12.8. The number of benzene rings is 1. The van der Waals surface area contributed by atoms with Crippen molar-refractivity contribution in [1.82, 2.24) is 4.90 Å². The molecule has 0 aliphatic heterocycles. The normalized spacial score (nSPS) is 30.1. The molecule has 2 heteroatoms. The lowest BCUT2D eigenvalue weighted by atomic mass is 9.88. The predicted octanol–water partition coefficient (Wildman–Crippen LogP) is 3.69. The number of aromatic hydroxyl groups is 1. The molecule has 3 rings (SSSR count). The van der Waals surface area contributed by atoms with E-state index in [-0.39, 0.29) is 0 Å². The second-order valence-corrected chi connectivity index (χ2v) is 7.09. The Hall–Kier alpha value is -1.02. The Bertz CT molecular complexity index is 441. The molecule has 1 N–H and O–H groups in total. The summed E-state index contributed by atoms with van der Waals surface area (Å²) in [5.41, 5.74) is 1.31. The van der Waals surface area contributed by atoms with Crippen molar-refractivity contribution in [3.63, 3.8) is 0 Å². The van der Waals surface area contributed by atoms with E-state index in [1.54, 1.807) is 12.1 Å². The third kappa shape index (κ3) is 3.01. The van der Waals surface area contributed by atoms with Gasteiger partial charge in [0.05, 0.1) is 0 Å². The van der Waals surface area contributed by atoms with Crippen LogP contribution >= 0.6 is 0 Å². The summed E-state index contributed by atoms with van der Waals surface area (Å²) >= 11 is 0. The quantitative estimate of drug-likeness (QED) is 0.884. The first kappa shape index (κ1) is 13.9. The fourth-order valence-electron chi connectivity index (χ4n) is 4.28. The van der Waals surface area contributed by atoms with Gasteiger partial charge in [-0.1, -0.05) is 18.6 Å². The molecular formula is C18H27NO. The summed E-state index contributed by atoms with van der Waals surface area (Å²) in [5, 5.41) is 9.34. The number of nitrogens with zero attached hydrogens (tertiary/aromatic N) is 1. The number of hydrogen-bond donors (Lipinski definition) is 1. The van der Waals surface area contributed by atoms with Crippen LogP contribution in [-0.4, -0.2) is 29.6 Å². The summed E-state index contributed by atoms with van der Waals surface area (Å²) < 4.78 is 0. The predicted molar refractivity (Wildman–Crippen MR) is 82.8 cm³/mol. The first-order valence-electron chi connectivity index (χ1n) is 8.10. The van der Waals surface area contributed by atoms with E-state index in [1.807, 2.05) is 12.1 Å². The molecule has 2 saturated carbocycles. The number of rotatable bonds is 5. The molecule has 1 aromatic carbocycles. The number of hydrogen-bond acceptors (Lipinski definition) is 2. The highest BCUT2D eigenvalue weighted by Gasteiger charge is 2.39. The average Bonchev–Trinajstić information content (AvgIpc) is 3.03. The lowest BCUT2D eigenvalue weighted by Gasteiger charge is -2.31. The van der Waals surface area contributed by atoms with Gasteiger partial charge in [0.15, 0.2) is 0 Å². The topological polar surface area (TPSA) is 23.5 Å². The zero-order valence-corrected chi connectivity index (χ0v) is 12.8. The Kier molecular flexibility index (Phi) is 4.02. The minimum absolute atomic E-state index is 0.358. The highest BCUT2D eigenvalue weighted by atomic mass is 16.3. The van der Waals surface area contributed by atoms with Crippen molar-refractivity contribution in [2.75, 3.05) is 13.6 Å². The van der Waals surface area contributed by atoms with Gasteiger partial charge < -0.3 is 10.0 Å². The van der Waals surface area contributed by atoms with E-state index < -0.39 is 0 Å². The molecule has 2 aliphatic rings. The molecule has 110 valence electrons. The van der Waals surface area contributed by atoms with Crippen molar-refractivity contribution in [3.05, 3.63) is 29.8 Å². The van der Waals surface area contributed by atoms with E-state index in [1.165, 1.54) is 37.8 Å². The summed E-state index contributed by atoms with van der Waals surface area (Å²) in [6, 6.07) is 8.23. The van der Waals surface area contributed by atoms with Crippen LogP contribution in [0.1, 0.15) is 38.2 Å². The van der Waals surface area contributed by atoms with Crippen LogP contribution in [0.3, 0.4) is 0 Å². The van der Waals surface area contributed by atoms with Gasteiger partial charge in [-0.2, -0.15) is 0 Å². The molecule has 0 heterocycles. The van der Waals surface area contributed by atoms with E-state index in [0.717, 1.165) is 24.2 Å². The molecule has 20 heavy (non-hydrogen) atoms. The zero-order chi connectivity index (χ0) is 14.1. The van der Waals surface area contributed by atoms with Crippen molar-refractivity contribution < 1.29 is 5.11 Å². The molecule has 2 aliphatic carbocycles. The van der Waals surface area contributed by atoms with E-state index in [4.69, 9.17) is 0 Å². The Morgan fingerprint density at radius 2 is 1.95 bits per heavy atom. The third-order valence-corrected chi connectivity index (χ3v) is 5.63. The Morgan fingerprint density at radius 3 is 2.55 bits per heavy atom. The van der Waals surface area contributed by atoms with Crippen LogP contribution in [-0.2, 0) is 6.42 Å². The van der Waals surface area contributed by atoms with Crippen LogP contribution < -0.4 is 0 Å². The largest absolute Gasteiger partial charge is 0.508 e. The van der Waals surface area contributed by atoms with Crippen LogP contribution in [0.25, 0.3) is 0 Å². The van der Waals surface area contributed by atoms with Gasteiger partial charge in [-0.15, -0.1) is 0 Å². The lowest BCUT2D eigenvalue weighted by Crippen LogP contribution is -2.36. The smallest absolute Gasteiger partial charge is 0.115 e. The van der Waals surface area contributed by atoms with E-state index in [9.17, 15) is 5.11 Å². The first-order chi connectivity index (χ1) is 9.61. The van der Waals surface area contributed by atoms with Crippen LogP contribution in [0, 0.1) is 17.8 Å². The third-order valence-electron chi connectivity index (χ3n) is 5.63. The maximum Gasteiger partial charge on any atom is 0.115 e. The monoisotopic (exact) mass is 273 g/mol. The summed E-state index contributed by atoms with van der Waals surface area (Å²) in [5.74, 6) is 3.37. The minimum Gasteiger partial charge on any atom is -0.508 e. The Labute approximate surface area is 122 Å². The van der Waals surface area contributed by atoms with Crippen molar-refractivity contribution in [2.45, 2.75) is 45.1 Å². The number of likely N-dealkylation sites (N-methyl/N-ethyl adjacent to an activating group) is 1. The molecule has 4 unspecified atom stereocenters. The Balaban J connectivity index is 1.51. The first-order valence-corrected chi connectivity index (χ1v) is 8.10. The summed E-state index contributed by atoms with van der Waals surface area (Å²) in [6.07, 6.45) is 7.02. The van der Waals surface area contributed by atoms with Crippen LogP contribution in [0.4, 0.5) is 0 Å². The molecular weight excluding hydrogens is 246 g/mol. The van der Waals surface area contributed by atoms with Gasteiger partial charge in [0.2, 0.25) is 0 Å². The fraction of sp³-hybridized carbons (Fsp3) is 0.667. The average molecular weight is 273 g/mol. The molecule has 0 spiro atoms. The van der Waals surface area contributed by atoms with Crippen LogP contribution in [0.2, 0.25) is 0 Å². The van der Waals surface area contributed by atoms with Gasteiger partial charge in [0.1, 0.15) is 5.75 Å². The summed E-state index contributed by atoms with van der Waals surface area (Å²) in [4.78, 5) is 2.54. The summed E-state index contributed by atoms with van der Waals surface area (Å²) in [7, 11) is 2.27. The van der Waals surface area contributed by atoms with Gasteiger partial charge in [0, 0.05) is 12.6 Å². The number of phenolic OH excluding ortho intramolecular Hbond substituents is 1. The van der Waals surface area contributed by atoms with Gasteiger partial charge in [-0.3, -0.25) is 0 Å². The molecule has 2 nitrogen and oxygen atoms in total. The highest BCUT2D eigenvalue weighted by molar-refractivity contribution is 5.26. The van der Waals surface area contributed by atoms with Crippen molar-refractivity contribution in [1.29, 1.82) is 0 Å². The van der Waals surface area contributed by atoms with Crippen LogP contribution in [0.5, 0.6) is 5.75 Å². The van der Waals surface area contributed by atoms with Crippen molar-refractivity contribution >= 4 is 0 Å². The summed E-state index contributed by atoms with van der Waals surface area (Å²) in [6.45, 7) is 3.58. The standard InChI is InChI=1S/C18H27NO/c1-13(9-14-4-7-18(20)8-5-14)19(2)12-17-11-15-3-6-16(17)10-15/h4-5,7-8,13,15-17,20H,3,6,9-12H2,1-2H3. The molecule has 0 radical (unpaired) electrons. The van der Waals surface area contributed by atoms with E-state index in [0.29, 0.717) is 11.8 Å². The number of phenols is 1. The fourth-order valence-corrected chi connectivity index (χ4v) is 4.28. The van der Waals surface area contributed by atoms with E-state index >= 15 is 0 Å². The van der Waals surface area contributed by atoms with Gasteiger partial charge in [-0.25, -0.2) is 0 Å². The number of fused-ring (bicyclic) bond motifs is 2. The molecule has 2 fully saturated rings. The molecule has 4 atom stereocenters. The van der Waals surface area contributed by atoms with Crippen molar-refractivity contribution in [2.24, 2.45) is 17.8 Å². The van der Waals surface area contributed by atoms with Crippen molar-refractivity contribution in [3.8, 4) is 5.75 Å². The molecule has 0 saturated heterocycles. The van der Waals surface area contributed by atoms with Gasteiger partial charge >= 0.3 is 0 Å². The highest BCUT2D eigenvalue weighted by Crippen LogP contribution is 2.48. The second-order valence-electron chi connectivity index (χ2n) is 7.09. The lowest BCUT2D eigenvalue weighted by molar-refractivity contribution is 0.180. The van der Waals surface area contributed by atoms with Gasteiger partial charge in [0.25, 0.3) is 0 Å². The second kappa shape index (κ2) is 5.77. The minimum atomic E-state index is 0.358. The maximum atomic E-state index is 9.34. The van der Waals surface area contributed by atoms with E-state index in [2.05, 4.69) is 18.9 Å². The Morgan fingerprint density at radius 1 is 1.20 bits per heavy atom.